The van der Waals surface area contributed by atoms with Crippen LogP contribution in [0.2, 0.25) is 0 Å². The van der Waals surface area contributed by atoms with E-state index in [4.69, 9.17) is 19.4 Å². The highest BCUT2D eigenvalue weighted by Gasteiger charge is 2.28. The van der Waals surface area contributed by atoms with Crippen molar-refractivity contribution >= 4 is 12.0 Å². The van der Waals surface area contributed by atoms with Crippen molar-refractivity contribution in [2.75, 3.05) is 31.6 Å². The third kappa shape index (κ3) is 5.48. The number of carbonyl (C=O) groups is 1. The van der Waals surface area contributed by atoms with E-state index >= 15 is 0 Å². The standard InChI is InChI=1S/C27H31N5O3/c1-34-21-11-8-12-22(17-21)35-25-23-19-32(27(33)28-18-20-9-4-2-5-10-20)16-13-24(23)29-26(30-25)31-14-6-3-7-15-31/h2,4-5,8-12,17H,3,6-7,13-16,18-19H2,1H3,(H,28,33). The Morgan fingerprint density at radius 1 is 0.971 bits per heavy atom. The second-order valence-corrected chi connectivity index (χ2v) is 8.90. The van der Waals surface area contributed by atoms with Gasteiger partial charge in [0.2, 0.25) is 11.8 Å². The summed E-state index contributed by atoms with van der Waals surface area (Å²) in [6.45, 7) is 3.38. The number of nitrogens with zero attached hydrogens (tertiary/aromatic N) is 4. The summed E-state index contributed by atoms with van der Waals surface area (Å²) < 4.78 is 11.6. The van der Waals surface area contributed by atoms with Crippen LogP contribution in [0.15, 0.2) is 54.6 Å². The number of rotatable bonds is 6. The molecule has 0 radical (unpaired) electrons. The number of hydrogen-bond donors (Lipinski definition) is 1. The molecule has 1 fully saturated rings. The minimum Gasteiger partial charge on any atom is -0.497 e. The highest BCUT2D eigenvalue weighted by molar-refractivity contribution is 5.74. The second-order valence-electron chi connectivity index (χ2n) is 8.90. The highest BCUT2D eigenvalue weighted by atomic mass is 16.5. The van der Waals surface area contributed by atoms with Gasteiger partial charge in [0, 0.05) is 38.7 Å². The summed E-state index contributed by atoms with van der Waals surface area (Å²) in [5, 5.41) is 3.03. The highest BCUT2D eigenvalue weighted by Crippen LogP contribution is 2.33. The van der Waals surface area contributed by atoms with Crippen LogP contribution in [0.25, 0.3) is 0 Å². The molecule has 0 aliphatic carbocycles. The summed E-state index contributed by atoms with van der Waals surface area (Å²) in [4.78, 5) is 26.7. The Balaban J connectivity index is 1.39. The molecule has 1 N–H and O–H groups in total. The average Bonchev–Trinajstić information content (AvgIpc) is 2.92. The van der Waals surface area contributed by atoms with Gasteiger partial charge >= 0.3 is 6.03 Å². The number of hydrogen-bond acceptors (Lipinski definition) is 6. The van der Waals surface area contributed by atoms with Gasteiger partial charge in [0.05, 0.1) is 24.9 Å². The van der Waals surface area contributed by atoms with E-state index in [0.717, 1.165) is 42.8 Å². The molecule has 0 bridgehead atoms. The molecule has 2 aliphatic heterocycles. The predicted octanol–water partition coefficient (Wildman–Crippen LogP) is 4.54. The minimum atomic E-state index is -0.105. The lowest BCUT2D eigenvalue weighted by Crippen LogP contribution is -2.43. The average molecular weight is 474 g/mol. The van der Waals surface area contributed by atoms with Crippen molar-refractivity contribution < 1.29 is 14.3 Å². The fraction of sp³-hybridized carbons (Fsp3) is 0.370. The van der Waals surface area contributed by atoms with Gasteiger partial charge in [-0.25, -0.2) is 9.78 Å². The number of ether oxygens (including phenoxy) is 2. The van der Waals surface area contributed by atoms with E-state index in [1.54, 1.807) is 12.0 Å². The van der Waals surface area contributed by atoms with Crippen molar-refractivity contribution in [3.05, 3.63) is 71.4 Å². The lowest BCUT2D eigenvalue weighted by atomic mass is 10.1. The number of aromatic nitrogens is 2. The molecule has 8 heteroatoms. The quantitative estimate of drug-likeness (QED) is 0.566. The molecule has 0 saturated carbocycles. The number of benzene rings is 2. The molecule has 2 amide bonds. The van der Waals surface area contributed by atoms with E-state index < -0.39 is 0 Å². The van der Waals surface area contributed by atoms with Crippen LogP contribution in [-0.2, 0) is 19.5 Å². The van der Waals surface area contributed by atoms with E-state index in [-0.39, 0.29) is 6.03 Å². The Morgan fingerprint density at radius 3 is 2.57 bits per heavy atom. The Morgan fingerprint density at radius 2 is 1.77 bits per heavy atom. The largest absolute Gasteiger partial charge is 0.497 e. The van der Waals surface area contributed by atoms with Crippen LogP contribution < -0.4 is 19.7 Å². The normalized spacial score (nSPS) is 15.3. The van der Waals surface area contributed by atoms with E-state index in [0.29, 0.717) is 49.4 Å². The Hall–Kier alpha value is -3.81. The molecule has 1 saturated heterocycles. The van der Waals surface area contributed by atoms with Crippen LogP contribution >= 0.6 is 0 Å². The number of anilines is 1. The van der Waals surface area contributed by atoms with Crippen molar-refractivity contribution in [3.63, 3.8) is 0 Å². The van der Waals surface area contributed by atoms with Gasteiger partial charge in [0.15, 0.2) is 0 Å². The molecule has 2 aromatic carbocycles. The summed E-state index contributed by atoms with van der Waals surface area (Å²) in [5.41, 5.74) is 2.87. The molecule has 182 valence electrons. The van der Waals surface area contributed by atoms with E-state index in [9.17, 15) is 4.79 Å². The summed E-state index contributed by atoms with van der Waals surface area (Å²) in [7, 11) is 1.63. The van der Waals surface area contributed by atoms with Gasteiger partial charge in [-0.05, 0) is 37.0 Å². The Labute approximate surface area is 205 Å². The molecule has 2 aliphatic rings. The molecule has 3 heterocycles. The van der Waals surface area contributed by atoms with Crippen LogP contribution in [0.4, 0.5) is 10.7 Å². The van der Waals surface area contributed by atoms with Crippen molar-refractivity contribution in [3.8, 4) is 17.4 Å². The first-order chi connectivity index (χ1) is 17.2. The maximum absolute atomic E-state index is 13.0. The summed E-state index contributed by atoms with van der Waals surface area (Å²) >= 11 is 0. The first-order valence-electron chi connectivity index (χ1n) is 12.2. The number of carbonyl (C=O) groups excluding carboxylic acids is 1. The molecular formula is C27H31N5O3. The molecular weight excluding hydrogens is 442 g/mol. The first kappa shape index (κ1) is 23.0. The predicted molar refractivity (Wildman–Crippen MR) is 134 cm³/mol. The third-order valence-corrected chi connectivity index (χ3v) is 6.48. The lowest BCUT2D eigenvalue weighted by molar-refractivity contribution is 0.190. The number of methoxy groups -OCH3 is 1. The summed E-state index contributed by atoms with van der Waals surface area (Å²) in [6, 6.07) is 17.3. The molecule has 1 aromatic heterocycles. The van der Waals surface area contributed by atoms with Gasteiger partial charge in [-0.2, -0.15) is 4.98 Å². The number of urea groups is 1. The number of nitrogens with one attached hydrogen (secondary N) is 1. The topological polar surface area (TPSA) is 79.8 Å². The smallest absolute Gasteiger partial charge is 0.317 e. The van der Waals surface area contributed by atoms with Gasteiger partial charge in [0.25, 0.3) is 0 Å². The van der Waals surface area contributed by atoms with Gasteiger partial charge < -0.3 is 24.6 Å². The summed E-state index contributed by atoms with van der Waals surface area (Å²) in [6.07, 6.45) is 4.18. The maximum Gasteiger partial charge on any atom is 0.317 e. The van der Waals surface area contributed by atoms with E-state index in [1.165, 1.54) is 6.42 Å². The van der Waals surface area contributed by atoms with Crippen LogP contribution in [0, 0.1) is 0 Å². The maximum atomic E-state index is 13.0. The Bertz CT molecular complexity index is 1160. The molecule has 0 atom stereocenters. The Kier molecular flexibility index (Phi) is 6.97. The molecule has 0 unspecified atom stereocenters. The monoisotopic (exact) mass is 473 g/mol. The van der Waals surface area contributed by atoms with Gasteiger partial charge in [-0.1, -0.05) is 36.4 Å². The second kappa shape index (κ2) is 10.6. The van der Waals surface area contributed by atoms with E-state index in [1.807, 2.05) is 54.6 Å². The zero-order valence-electron chi connectivity index (χ0n) is 20.1. The van der Waals surface area contributed by atoms with Crippen LogP contribution in [0.5, 0.6) is 17.4 Å². The lowest BCUT2D eigenvalue weighted by Gasteiger charge is -2.32. The molecule has 5 rings (SSSR count). The fourth-order valence-corrected chi connectivity index (χ4v) is 4.53. The number of fused-ring (bicyclic) bond motifs is 1. The van der Waals surface area contributed by atoms with Crippen molar-refractivity contribution in [2.24, 2.45) is 0 Å². The first-order valence-corrected chi connectivity index (χ1v) is 12.2. The van der Waals surface area contributed by atoms with Crippen molar-refractivity contribution in [2.45, 2.75) is 38.8 Å². The minimum absolute atomic E-state index is 0.105. The SMILES string of the molecule is COc1cccc(Oc2nc(N3CCCCC3)nc3c2CN(C(=O)NCc2ccccc2)CC3)c1. The van der Waals surface area contributed by atoms with Crippen LogP contribution in [-0.4, -0.2) is 47.6 Å². The fourth-order valence-electron chi connectivity index (χ4n) is 4.53. The molecule has 3 aromatic rings. The third-order valence-electron chi connectivity index (χ3n) is 6.48. The van der Waals surface area contributed by atoms with E-state index in [2.05, 4.69) is 10.2 Å². The van der Waals surface area contributed by atoms with Gasteiger partial charge in [-0.15, -0.1) is 0 Å². The van der Waals surface area contributed by atoms with Gasteiger partial charge in [-0.3, -0.25) is 0 Å². The molecule has 35 heavy (non-hydrogen) atoms. The zero-order chi connectivity index (χ0) is 24.0. The molecule has 0 spiro atoms. The van der Waals surface area contributed by atoms with Crippen LogP contribution in [0.1, 0.15) is 36.1 Å². The summed E-state index contributed by atoms with van der Waals surface area (Å²) in [5.74, 6) is 2.57. The number of piperidine rings is 1. The van der Waals surface area contributed by atoms with Crippen LogP contribution in [0.3, 0.4) is 0 Å². The van der Waals surface area contributed by atoms with Crippen molar-refractivity contribution in [1.29, 1.82) is 0 Å². The van der Waals surface area contributed by atoms with Gasteiger partial charge in [0.1, 0.15) is 11.5 Å². The molecule has 8 nitrogen and oxygen atoms in total. The number of amides is 2. The van der Waals surface area contributed by atoms with Crippen molar-refractivity contribution in [1.82, 2.24) is 20.2 Å². The zero-order valence-corrected chi connectivity index (χ0v) is 20.1.